The van der Waals surface area contributed by atoms with Crippen molar-refractivity contribution in [3.8, 4) is 5.75 Å². The lowest BCUT2D eigenvalue weighted by atomic mass is 10.1. The minimum absolute atomic E-state index is 0.0558. The lowest BCUT2D eigenvalue weighted by Gasteiger charge is -2.17. The molecule has 170 valence electrons. The fourth-order valence-corrected chi connectivity index (χ4v) is 5.11. The van der Waals surface area contributed by atoms with Crippen LogP contribution in [0.4, 0.5) is 0 Å². The number of aryl methyl sites for hydroxylation is 1. The SMILES string of the molecule is COc1cccc(C(=O)N[C@@H]2CC[C@H](Cn3c(=O)c4c(C)onc4c4c(Cl)cccc43)C2)c1. The summed E-state index contributed by atoms with van der Waals surface area (Å²) in [7, 11) is 1.58. The molecule has 1 aliphatic carbocycles. The smallest absolute Gasteiger partial charge is 0.264 e. The molecule has 5 rings (SSSR count). The Morgan fingerprint density at radius 3 is 2.88 bits per heavy atom. The maximum absolute atomic E-state index is 13.4. The molecule has 2 atom stereocenters. The second kappa shape index (κ2) is 8.56. The molecule has 0 saturated heterocycles. The molecule has 0 aliphatic heterocycles. The van der Waals surface area contributed by atoms with E-state index in [1.54, 1.807) is 42.9 Å². The van der Waals surface area contributed by atoms with Crippen LogP contribution in [-0.4, -0.2) is 28.8 Å². The standard InChI is InChI=1S/C25H24ClN3O4/c1-14-21-23(28-33-14)22-19(26)7-4-8-20(22)29(25(21)31)13-15-9-10-17(11-15)27-24(30)16-5-3-6-18(12-16)32-2/h3-8,12,15,17H,9-11,13H2,1-2H3,(H,27,30)/t15-,17+/m0/s1. The summed E-state index contributed by atoms with van der Waals surface area (Å²) >= 11 is 6.49. The number of rotatable bonds is 5. The van der Waals surface area contributed by atoms with E-state index in [4.69, 9.17) is 20.9 Å². The van der Waals surface area contributed by atoms with Crippen molar-refractivity contribution in [3.05, 3.63) is 69.2 Å². The number of ether oxygens (including phenoxy) is 1. The summed E-state index contributed by atoms with van der Waals surface area (Å²) in [6, 6.07) is 12.7. The summed E-state index contributed by atoms with van der Waals surface area (Å²) in [5.41, 5.74) is 1.70. The Labute approximate surface area is 195 Å². The van der Waals surface area contributed by atoms with E-state index in [1.807, 2.05) is 18.2 Å². The predicted molar refractivity (Wildman–Crippen MR) is 127 cm³/mol. The van der Waals surface area contributed by atoms with Crippen molar-refractivity contribution in [2.45, 2.75) is 38.8 Å². The van der Waals surface area contributed by atoms with Gasteiger partial charge in [0.15, 0.2) is 0 Å². The highest BCUT2D eigenvalue weighted by Gasteiger charge is 2.28. The number of pyridine rings is 1. The lowest BCUT2D eigenvalue weighted by molar-refractivity contribution is 0.0936. The van der Waals surface area contributed by atoms with Gasteiger partial charge in [-0.05, 0) is 62.4 Å². The van der Waals surface area contributed by atoms with Crippen LogP contribution in [0.1, 0.15) is 35.4 Å². The van der Waals surface area contributed by atoms with Gasteiger partial charge < -0.3 is 19.1 Å². The Bertz CT molecular complexity index is 1420. The average molecular weight is 466 g/mol. The maximum Gasteiger partial charge on any atom is 0.264 e. The van der Waals surface area contributed by atoms with Crippen molar-refractivity contribution in [2.24, 2.45) is 5.92 Å². The second-order valence-corrected chi connectivity index (χ2v) is 9.00. The summed E-state index contributed by atoms with van der Waals surface area (Å²) < 4.78 is 12.3. The summed E-state index contributed by atoms with van der Waals surface area (Å²) in [4.78, 5) is 26.1. The third-order valence-corrected chi connectivity index (χ3v) is 6.81. The Morgan fingerprint density at radius 1 is 1.24 bits per heavy atom. The van der Waals surface area contributed by atoms with E-state index in [1.165, 1.54) is 0 Å². The highest BCUT2D eigenvalue weighted by atomic mass is 35.5. The zero-order valence-electron chi connectivity index (χ0n) is 18.4. The molecule has 7 nitrogen and oxygen atoms in total. The van der Waals surface area contributed by atoms with Crippen LogP contribution < -0.4 is 15.6 Å². The number of hydrogen-bond donors (Lipinski definition) is 1. The topological polar surface area (TPSA) is 86.4 Å². The summed E-state index contributed by atoms with van der Waals surface area (Å²) in [5.74, 6) is 1.27. The van der Waals surface area contributed by atoms with E-state index in [2.05, 4.69) is 10.5 Å². The second-order valence-electron chi connectivity index (χ2n) is 8.59. The first kappa shape index (κ1) is 21.5. The molecule has 1 fully saturated rings. The number of amides is 1. The first-order valence-electron chi connectivity index (χ1n) is 11.0. The number of nitrogens with zero attached hydrogens (tertiary/aromatic N) is 2. The van der Waals surface area contributed by atoms with E-state index in [0.29, 0.717) is 39.5 Å². The molecule has 0 unspecified atom stereocenters. The third kappa shape index (κ3) is 3.86. The van der Waals surface area contributed by atoms with Gasteiger partial charge in [0.1, 0.15) is 22.4 Å². The molecule has 4 aromatic rings. The Balaban J connectivity index is 1.39. The number of methoxy groups -OCH3 is 1. The fraction of sp³-hybridized carbons (Fsp3) is 0.320. The van der Waals surface area contributed by atoms with E-state index < -0.39 is 0 Å². The average Bonchev–Trinajstić information content (AvgIpc) is 3.42. The largest absolute Gasteiger partial charge is 0.497 e. The number of benzene rings is 2. The summed E-state index contributed by atoms with van der Waals surface area (Å²) in [6.45, 7) is 2.28. The van der Waals surface area contributed by atoms with Gasteiger partial charge in [-0.2, -0.15) is 0 Å². The van der Waals surface area contributed by atoms with Gasteiger partial charge in [0.25, 0.3) is 11.5 Å². The van der Waals surface area contributed by atoms with Gasteiger partial charge in [-0.3, -0.25) is 9.59 Å². The van der Waals surface area contributed by atoms with Gasteiger partial charge >= 0.3 is 0 Å². The van der Waals surface area contributed by atoms with Crippen molar-refractivity contribution < 1.29 is 14.1 Å². The number of nitrogens with one attached hydrogen (secondary N) is 1. The Kier molecular flexibility index (Phi) is 5.58. The highest BCUT2D eigenvalue weighted by Crippen LogP contribution is 2.32. The van der Waals surface area contributed by atoms with Crippen LogP contribution in [0.5, 0.6) is 5.75 Å². The molecule has 1 N–H and O–H groups in total. The molecule has 0 radical (unpaired) electrons. The van der Waals surface area contributed by atoms with Crippen LogP contribution in [0.2, 0.25) is 5.02 Å². The number of hydrogen-bond acceptors (Lipinski definition) is 5. The molecular weight excluding hydrogens is 442 g/mol. The molecule has 1 amide bonds. The molecule has 33 heavy (non-hydrogen) atoms. The van der Waals surface area contributed by atoms with Crippen molar-refractivity contribution >= 4 is 39.3 Å². The number of carbonyl (C=O) groups excluding carboxylic acids is 1. The third-order valence-electron chi connectivity index (χ3n) is 6.49. The van der Waals surface area contributed by atoms with Crippen LogP contribution in [-0.2, 0) is 6.54 Å². The van der Waals surface area contributed by atoms with E-state index >= 15 is 0 Å². The zero-order chi connectivity index (χ0) is 23.1. The summed E-state index contributed by atoms with van der Waals surface area (Å²) in [5, 5.41) is 8.96. The fourth-order valence-electron chi connectivity index (χ4n) is 4.86. The van der Waals surface area contributed by atoms with Crippen LogP contribution >= 0.6 is 11.6 Å². The maximum atomic E-state index is 13.4. The molecule has 0 spiro atoms. The number of carbonyl (C=O) groups is 1. The monoisotopic (exact) mass is 465 g/mol. The lowest BCUT2D eigenvalue weighted by Crippen LogP contribution is -2.33. The zero-order valence-corrected chi connectivity index (χ0v) is 19.2. The quantitative estimate of drug-likeness (QED) is 0.461. The number of aromatic nitrogens is 2. The van der Waals surface area contributed by atoms with Crippen molar-refractivity contribution in [1.29, 1.82) is 0 Å². The minimum Gasteiger partial charge on any atom is -0.497 e. The Morgan fingerprint density at radius 2 is 2.06 bits per heavy atom. The molecule has 2 heterocycles. The van der Waals surface area contributed by atoms with Gasteiger partial charge in [0, 0.05) is 23.5 Å². The molecular formula is C25H24ClN3O4. The number of halogens is 1. The van der Waals surface area contributed by atoms with Gasteiger partial charge in [-0.25, -0.2) is 0 Å². The first-order valence-corrected chi connectivity index (χ1v) is 11.4. The van der Waals surface area contributed by atoms with Crippen LogP contribution in [0.3, 0.4) is 0 Å². The molecule has 2 aromatic heterocycles. The molecule has 8 heteroatoms. The van der Waals surface area contributed by atoms with Crippen LogP contribution in [0.15, 0.2) is 51.8 Å². The van der Waals surface area contributed by atoms with Gasteiger partial charge in [-0.15, -0.1) is 0 Å². The molecule has 1 aliphatic rings. The van der Waals surface area contributed by atoms with Gasteiger partial charge in [0.2, 0.25) is 0 Å². The van der Waals surface area contributed by atoms with E-state index in [0.717, 1.165) is 30.2 Å². The van der Waals surface area contributed by atoms with Gasteiger partial charge in [0.05, 0.1) is 17.6 Å². The van der Waals surface area contributed by atoms with Crippen LogP contribution in [0.25, 0.3) is 21.8 Å². The predicted octanol–water partition coefficient (Wildman–Crippen LogP) is 4.71. The molecule has 0 bridgehead atoms. The van der Waals surface area contributed by atoms with Crippen LogP contribution in [0, 0.1) is 12.8 Å². The van der Waals surface area contributed by atoms with Crippen molar-refractivity contribution in [1.82, 2.24) is 15.0 Å². The molecule has 1 saturated carbocycles. The summed E-state index contributed by atoms with van der Waals surface area (Å²) in [6.07, 6.45) is 2.57. The normalized spacial score (nSPS) is 18.2. The Hall–Kier alpha value is -3.32. The number of fused-ring (bicyclic) bond motifs is 3. The highest BCUT2D eigenvalue weighted by molar-refractivity contribution is 6.37. The van der Waals surface area contributed by atoms with Gasteiger partial charge in [-0.1, -0.05) is 28.9 Å². The molecule has 2 aromatic carbocycles. The first-order chi connectivity index (χ1) is 16.0. The van der Waals surface area contributed by atoms with Crippen molar-refractivity contribution in [3.63, 3.8) is 0 Å². The van der Waals surface area contributed by atoms with E-state index in [-0.39, 0.29) is 23.4 Å². The van der Waals surface area contributed by atoms with E-state index in [9.17, 15) is 9.59 Å². The van der Waals surface area contributed by atoms with Crippen molar-refractivity contribution in [2.75, 3.05) is 7.11 Å². The minimum atomic E-state index is -0.123.